The third-order valence-electron chi connectivity index (χ3n) is 2.43. The summed E-state index contributed by atoms with van der Waals surface area (Å²) in [5.74, 6) is 0. The van der Waals surface area contributed by atoms with Gasteiger partial charge in [-0.05, 0) is 33.1 Å². The van der Waals surface area contributed by atoms with Gasteiger partial charge in [-0.3, -0.25) is 4.55 Å². The molecule has 3 N–H and O–H groups in total. The van der Waals surface area contributed by atoms with Crippen LogP contribution in [-0.2, 0) is 14.6 Å². The van der Waals surface area contributed by atoms with E-state index in [1.807, 2.05) is 0 Å². The molecule has 5 nitrogen and oxygen atoms in total. The minimum absolute atomic E-state index is 0.125. The summed E-state index contributed by atoms with van der Waals surface area (Å²) in [6.45, 7) is 9.45. The van der Waals surface area contributed by atoms with E-state index in [1.165, 1.54) is 13.8 Å². The standard InChI is InChI=1S/C7H17N.C3H8O4S/c1-4-7(8,5-2)6-3;1-3(2)7-8(4,5)6/h4-6,8H2,1-3H3;3H,1-2H3,(H,4,5,6). The van der Waals surface area contributed by atoms with Gasteiger partial charge in [0.15, 0.2) is 0 Å². The van der Waals surface area contributed by atoms with Crippen molar-refractivity contribution in [2.75, 3.05) is 0 Å². The molecule has 0 aromatic rings. The summed E-state index contributed by atoms with van der Waals surface area (Å²) < 4.78 is 31.5. The smallest absolute Gasteiger partial charge is 0.325 e. The Morgan fingerprint density at radius 3 is 1.50 bits per heavy atom. The van der Waals surface area contributed by atoms with E-state index in [0.29, 0.717) is 0 Å². The summed E-state index contributed by atoms with van der Waals surface area (Å²) in [6.07, 6.45) is 2.80. The normalized spacial score (nSPS) is 12.2. The average molecular weight is 255 g/mol. The Balaban J connectivity index is 0. The highest BCUT2D eigenvalue weighted by atomic mass is 32.3. The fraction of sp³-hybridized carbons (Fsp3) is 1.00. The van der Waals surface area contributed by atoms with Crippen molar-refractivity contribution in [2.24, 2.45) is 5.73 Å². The van der Waals surface area contributed by atoms with Gasteiger partial charge in [-0.25, -0.2) is 4.18 Å². The van der Waals surface area contributed by atoms with Crippen LogP contribution in [0, 0.1) is 0 Å². The van der Waals surface area contributed by atoms with Crippen LogP contribution in [0.5, 0.6) is 0 Å². The quantitative estimate of drug-likeness (QED) is 0.734. The Bertz CT molecular complexity index is 250. The van der Waals surface area contributed by atoms with Crippen LogP contribution >= 0.6 is 0 Å². The number of hydrogen-bond donors (Lipinski definition) is 2. The number of rotatable bonds is 5. The SMILES string of the molecule is CC(C)OS(=O)(=O)O.CCC(N)(CC)CC. The van der Waals surface area contributed by atoms with E-state index in [1.54, 1.807) is 0 Å². The third-order valence-corrected chi connectivity index (χ3v) is 3.05. The zero-order valence-electron chi connectivity index (χ0n) is 10.9. The molecule has 100 valence electrons. The summed E-state index contributed by atoms with van der Waals surface area (Å²) in [5, 5.41) is 0. The van der Waals surface area contributed by atoms with Crippen LogP contribution in [0.4, 0.5) is 0 Å². The van der Waals surface area contributed by atoms with Crippen molar-refractivity contribution in [2.45, 2.75) is 65.5 Å². The molecule has 0 unspecified atom stereocenters. The summed E-state index contributed by atoms with van der Waals surface area (Å²) in [5.41, 5.74) is 6.02. The Hall–Kier alpha value is -0.170. The minimum Gasteiger partial charge on any atom is -0.325 e. The molecular weight excluding hydrogens is 230 g/mol. The molecule has 0 fully saturated rings. The second-order valence-electron chi connectivity index (χ2n) is 4.00. The molecule has 0 atom stereocenters. The molecule has 0 spiro atoms. The Kier molecular flexibility index (Phi) is 9.10. The van der Waals surface area contributed by atoms with Gasteiger partial charge in [0.05, 0.1) is 6.10 Å². The highest BCUT2D eigenvalue weighted by Crippen LogP contribution is 2.14. The monoisotopic (exact) mass is 255 g/mol. The molecule has 0 saturated carbocycles. The van der Waals surface area contributed by atoms with Crippen LogP contribution in [0.15, 0.2) is 0 Å². The molecular formula is C10H25NO4S. The lowest BCUT2D eigenvalue weighted by atomic mass is 9.92. The summed E-state index contributed by atoms with van der Waals surface area (Å²) >= 11 is 0. The van der Waals surface area contributed by atoms with Crippen LogP contribution in [0.3, 0.4) is 0 Å². The molecule has 0 aromatic carbocycles. The number of nitrogens with two attached hydrogens (primary N) is 1. The molecule has 0 bridgehead atoms. The van der Waals surface area contributed by atoms with Gasteiger partial charge in [-0.2, -0.15) is 8.42 Å². The van der Waals surface area contributed by atoms with Crippen LogP contribution in [-0.4, -0.2) is 24.6 Å². The van der Waals surface area contributed by atoms with Crippen molar-refractivity contribution in [1.82, 2.24) is 0 Å². The largest absolute Gasteiger partial charge is 0.397 e. The maximum Gasteiger partial charge on any atom is 0.397 e. The molecule has 0 aliphatic rings. The van der Waals surface area contributed by atoms with Gasteiger partial charge >= 0.3 is 10.4 Å². The van der Waals surface area contributed by atoms with E-state index >= 15 is 0 Å². The average Bonchev–Trinajstić information content (AvgIpc) is 2.14. The zero-order chi connectivity index (χ0) is 13.4. The lowest BCUT2D eigenvalue weighted by Gasteiger charge is -2.23. The maximum atomic E-state index is 9.78. The highest BCUT2D eigenvalue weighted by molar-refractivity contribution is 7.80. The van der Waals surface area contributed by atoms with E-state index < -0.39 is 16.5 Å². The van der Waals surface area contributed by atoms with Crippen molar-refractivity contribution in [3.8, 4) is 0 Å². The molecule has 6 heteroatoms. The number of hydrogen-bond acceptors (Lipinski definition) is 4. The van der Waals surface area contributed by atoms with E-state index in [9.17, 15) is 8.42 Å². The fourth-order valence-corrected chi connectivity index (χ4v) is 1.48. The van der Waals surface area contributed by atoms with Crippen molar-refractivity contribution in [3.63, 3.8) is 0 Å². The predicted octanol–water partition coefficient (Wildman–Crippen LogP) is 2.13. The van der Waals surface area contributed by atoms with Gasteiger partial charge in [0.25, 0.3) is 0 Å². The minimum atomic E-state index is -4.22. The van der Waals surface area contributed by atoms with Gasteiger partial charge in [-0.15, -0.1) is 0 Å². The molecule has 0 amide bonds. The highest BCUT2D eigenvalue weighted by Gasteiger charge is 2.15. The van der Waals surface area contributed by atoms with Crippen molar-refractivity contribution < 1.29 is 17.2 Å². The molecule has 0 aromatic heterocycles. The second-order valence-corrected chi connectivity index (χ2v) is 5.04. The van der Waals surface area contributed by atoms with Gasteiger partial charge in [0, 0.05) is 5.54 Å². The Morgan fingerprint density at radius 1 is 1.19 bits per heavy atom. The van der Waals surface area contributed by atoms with Gasteiger partial charge in [0.2, 0.25) is 0 Å². The molecule has 0 aliphatic heterocycles. The van der Waals surface area contributed by atoms with Crippen molar-refractivity contribution >= 4 is 10.4 Å². The Labute approximate surface area is 99.3 Å². The first-order chi connectivity index (χ1) is 7.10. The van der Waals surface area contributed by atoms with Gasteiger partial charge in [-0.1, -0.05) is 20.8 Å². The maximum absolute atomic E-state index is 9.78. The van der Waals surface area contributed by atoms with Crippen LogP contribution in [0.25, 0.3) is 0 Å². The van der Waals surface area contributed by atoms with Crippen molar-refractivity contribution in [3.05, 3.63) is 0 Å². The summed E-state index contributed by atoms with van der Waals surface area (Å²) in [7, 11) is -4.22. The van der Waals surface area contributed by atoms with Crippen LogP contribution < -0.4 is 5.73 Å². The van der Waals surface area contributed by atoms with Gasteiger partial charge in [0.1, 0.15) is 0 Å². The van der Waals surface area contributed by atoms with Crippen LogP contribution in [0.2, 0.25) is 0 Å². The van der Waals surface area contributed by atoms with E-state index in [-0.39, 0.29) is 5.54 Å². The molecule has 0 saturated heterocycles. The fourth-order valence-electron chi connectivity index (χ4n) is 0.993. The first-order valence-corrected chi connectivity index (χ1v) is 6.91. The van der Waals surface area contributed by atoms with E-state index in [0.717, 1.165) is 19.3 Å². The molecule has 0 aliphatic carbocycles. The van der Waals surface area contributed by atoms with Gasteiger partial charge < -0.3 is 5.73 Å². The predicted molar refractivity (Wildman–Crippen MR) is 65.6 cm³/mol. The van der Waals surface area contributed by atoms with Crippen LogP contribution in [0.1, 0.15) is 53.9 Å². The summed E-state index contributed by atoms with van der Waals surface area (Å²) in [6, 6.07) is 0. The first-order valence-electron chi connectivity index (χ1n) is 5.54. The summed E-state index contributed by atoms with van der Waals surface area (Å²) in [4.78, 5) is 0. The van der Waals surface area contributed by atoms with Crippen molar-refractivity contribution in [1.29, 1.82) is 0 Å². The Morgan fingerprint density at radius 2 is 1.50 bits per heavy atom. The molecule has 0 radical (unpaired) electrons. The zero-order valence-corrected chi connectivity index (χ0v) is 11.7. The lowest BCUT2D eigenvalue weighted by molar-refractivity contribution is 0.213. The lowest BCUT2D eigenvalue weighted by Crippen LogP contribution is -2.37. The molecule has 16 heavy (non-hydrogen) atoms. The topological polar surface area (TPSA) is 89.6 Å². The first kappa shape index (κ1) is 18.2. The van der Waals surface area contributed by atoms with E-state index in [2.05, 4.69) is 25.0 Å². The van der Waals surface area contributed by atoms with E-state index in [4.69, 9.17) is 10.3 Å². The second kappa shape index (κ2) is 8.00. The molecule has 0 rings (SSSR count). The molecule has 0 heterocycles. The third kappa shape index (κ3) is 11.9.